The van der Waals surface area contributed by atoms with Crippen LogP contribution in [-0.2, 0) is 17.8 Å². The lowest BCUT2D eigenvalue weighted by Gasteiger charge is -2.12. The first-order valence-electron chi connectivity index (χ1n) is 9.49. The molecule has 2 aromatic rings. The SMILES string of the molecule is CCNC(=NCc1ccc(NC(=O)OC)cc1)NCCCn1nc(C)cc1C.I. The first kappa shape index (κ1) is 24.7. The molecule has 29 heavy (non-hydrogen) atoms. The van der Waals surface area contributed by atoms with Crippen LogP contribution in [0.15, 0.2) is 35.3 Å². The minimum Gasteiger partial charge on any atom is -0.453 e. The fraction of sp³-hybridized carbons (Fsp3) is 0.450. The van der Waals surface area contributed by atoms with Crippen molar-refractivity contribution in [2.24, 2.45) is 4.99 Å². The standard InChI is InChI=1S/C20H30N6O2.HI/c1-5-21-19(22-11-6-12-26-16(3)13-15(2)25-26)23-14-17-7-9-18(10-8-17)24-20(27)28-4;/h7-10,13H,5-6,11-12,14H2,1-4H3,(H,24,27)(H2,21,22,23);1H. The first-order chi connectivity index (χ1) is 13.5. The highest BCUT2D eigenvalue weighted by Gasteiger charge is 2.03. The van der Waals surface area contributed by atoms with Gasteiger partial charge in [0.2, 0.25) is 0 Å². The van der Waals surface area contributed by atoms with Crippen molar-refractivity contribution in [3.05, 3.63) is 47.3 Å². The Balaban J connectivity index is 0.00000420. The van der Waals surface area contributed by atoms with E-state index in [9.17, 15) is 4.79 Å². The van der Waals surface area contributed by atoms with Gasteiger partial charge in [0, 0.05) is 31.0 Å². The van der Waals surface area contributed by atoms with Crippen LogP contribution in [0.3, 0.4) is 0 Å². The second-order valence-electron chi connectivity index (χ2n) is 6.44. The van der Waals surface area contributed by atoms with Crippen molar-refractivity contribution in [1.29, 1.82) is 0 Å². The molecule has 0 bridgehead atoms. The molecule has 2 rings (SSSR count). The van der Waals surface area contributed by atoms with Crippen LogP contribution in [0.25, 0.3) is 0 Å². The maximum atomic E-state index is 11.2. The van der Waals surface area contributed by atoms with Gasteiger partial charge in [0.1, 0.15) is 0 Å². The zero-order valence-corrected chi connectivity index (χ0v) is 19.8. The maximum absolute atomic E-state index is 11.2. The summed E-state index contributed by atoms with van der Waals surface area (Å²) in [4.78, 5) is 15.8. The lowest BCUT2D eigenvalue weighted by molar-refractivity contribution is 0.187. The molecule has 1 aromatic carbocycles. The number of hydrogen-bond acceptors (Lipinski definition) is 4. The van der Waals surface area contributed by atoms with Crippen LogP contribution in [0.5, 0.6) is 0 Å². The van der Waals surface area contributed by atoms with Gasteiger partial charge in [0.15, 0.2) is 5.96 Å². The average molecular weight is 514 g/mol. The minimum absolute atomic E-state index is 0. The fourth-order valence-corrected chi connectivity index (χ4v) is 2.71. The van der Waals surface area contributed by atoms with E-state index in [1.165, 1.54) is 12.8 Å². The average Bonchev–Trinajstić information content (AvgIpc) is 3.01. The molecular weight excluding hydrogens is 483 g/mol. The van der Waals surface area contributed by atoms with Crippen molar-refractivity contribution in [3.63, 3.8) is 0 Å². The molecule has 3 N–H and O–H groups in total. The number of carbonyl (C=O) groups is 1. The molecule has 0 saturated heterocycles. The number of amides is 1. The molecule has 160 valence electrons. The Morgan fingerprint density at radius 2 is 1.93 bits per heavy atom. The zero-order valence-electron chi connectivity index (χ0n) is 17.5. The van der Waals surface area contributed by atoms with Crippen molar-refractivity contribution >= 4 is 41.7 Å². The number of benzene rings is 1. The third-order valence-corrected chi connectivity index (χ3v) is 4.09. The summed E-state index contributed by atoms with van der Waals surface area (Å²) < 4.78 is 6.61. The monoisotopic (exact) mass is 514 g/mol. The predicted molar refractivity (Wildman–Crippen MR) is 127 cm³/mol. The smallest absolute Gasteiger partial charge is 0.411 e. The van der Waals surface area contributed by atoms with Gasteiger partial charge in [-0.15, -0.1) is 24.0 Å². The molecule has 1 amide bonds. The van der Waals surface area contributed by atoms with Gasteiger partial charge in [-0.1, -0.05) is 12.1 Å². The number of guanidine groups is 1. The molecular formula is C20H31IN6O2. The molecule has 9 heteroatoms. The van der Waals surface area contributed by atoms with E-state index < -0.39 is 6.09 Å². The van der Waals surface area contributed by atoms with E-state index in [0.29, 0.717) is 12.2 Å². The molecule has 0 spiro atoms. The molecule has 1 heterocycles. The van der Waals surface area contributed by atoms with Gasteiger partial charge >= 0.3 is 6.09 Å². The lowest BCUT2D eigenvalue weighted by Crippen LogP contribution is -2.38. The first-order valence-corrected chi connectivity index (χ1v) is 9.49. The van der Waals surface area contributed by atoms with Crippen molar-refractivity contribution in [2.75, 3.05) is 25.5 Å². The van der Waals surface area contributed by atoms with E-state index in [1.54, 1.807) is 0 Å². The van der Waals surface area contributed by atoms with Crippen molar-refractivity contribution < 1.29 is 9.53 Å². The Hall–Kier alpha value is -2.30. The van der Waals surface area contributed by atoms with E-state index in [1.807, 2.05) is 42.8 Å². The van der Waals surface area contributed by atoms with Gasteiger partial charge in [-0.05, 0) is 51.0 Å². The Bertz CT molecular complexity index is 789. The van der Waals surface area contributed by atoms with E-state index >= 15 is 0 Å². The molecule has 1 aromatic heterocycles. The number of rotatable bonds is 8. The van der Waals surface area contributed by atoms with Crippen LogP contribution in [0.4, 0.5) is 10.5 Å². The largest absolute Gasteiger partial charge is 0.453 e. The number of anilines is 1. The number of methoxy groups -OCH3 is 1. The molecule has 0 aliphatic carbocycles. The summed E-state index contributed by atoms with van der Waals surface area (Å²) in [7, 11) is 1.34. The Labute approximate surface area is 189 Å². The van der Waals surface area contributed by atoms with Gasteiger partial charge in [-0.3, -0.25) is 10.00 Å². The van der Waals surface area contributed by atoms with Crippen LogP contribution >= 0.6 is 24.0 Å². The van der Waals surface area contributed by atoms with E-state index in [2.05, 4.69) is 43.8 Å². The molecule has 0 atom stereocenters. The molecule has 0 aliphatic rings. The summed E-state index contributed by atoms with van der Waals surface area (Å²) >= 11 is 0. The summed E-state index contributed by atoms with van der Waals surface area (Å²) in [6, 6.07) is 9.61. The molecule has 0 fully saturated rings. The minimum atomic E-state index is -0.482. The molecule has 0 saturated carbocycles. The third kappa shape index (κ3) is 8.71. The number of halogens is 1. The zero-order chi connectivity index (χ0) is 20.4. The fourth-order valence-electron chi connectivity index (χ4n) is 2.71. The molecule has 0 radical (unpaired) electrons. The molecule has 8 nitrogen and oxygen atoms in total. The second kappa shape index (κ2) is 13.0. The van der Waals surface area contributed by atoms with Crippen LogP contribution < -0.4 is 16.0 Å². The van der Waals surface area contributed by atoms with Crippen LogP contribution in [0.2, 0.25) is 0 Å². The number of hydrogen-bond donors (Lipinski definition) is 3. The van der Waals surface area contributed by atoms with E-state index in [-0.39, 0.29) is 24.0 Å². The van der Waals surface area contributed by atoms with Crippen LogP contribution in [0.1, 0.15) is 30.3 Å². The van der Waals surface area contributed by atoms with Crippen LogP contribution in [0, 0.1) is 13.8 Å². The summed E-state index contributed by atoms with van der Waals surface area (Å²) in [6.07, 6.45) is 0.477. The summed E-state index contributed by atoms with van der Waals surface area (Å²) in [5.41, 5.74) is 3.97. The number of carbonyl (C=O) groups excluding carboxylic acids is 1. The highest BCUT2D eigenvalue weighted by atomic mass is 127. The highest BCUT2D eigenvalue weighted by molar-refractivity contribution is 14.0. The number of aliphatic imine (C=N–C) groups is 1. The van der Waals surface area contributed by atoms with E-state index in [4.69, 9.17) is 0 Å². The topological polar surface area (TPSA) is 92.6 Å². The Morgan fingerprint density at radius 3 is 2.52 bits per heavy atom. The third-order valence-electron chi connectivity index (χ3n) is 4.09. The Kier molecular flexibility index (Phi) is 11.1. The number of nitrogens with one attached hydrogen (secondary N) is 3. The van der Waals surface area contributed by atoms with Crippen molar-refractivity contribution in [1.82, 2.24) is 20.4 Å². The van der Waals surface area contributed by atoms with Gasteiger partial charge in [0.05, 0.1) is 19.3 Å². The normalized spacial score (nSPS) is 10.8. The number of nitrogens with zero attached hydrogens (tertiary/aromatic N) is 3. The van der Waals surface area contributed by atoms with Crippen LogP contribution in [-0.4, -0.2) is 42.0 Å². The predicted octanol–water partition coefficient (Wildman–Crippen LogP) is 3.44. The number of aryl methyl sites for hydroxylation is 3. The quantitative estimate of drug-likeness (QED) is 0.217. The highest BCUT2D eigenvalue weighted by Crippen LogP contribution is 2.10. The van der Waals surface area contributed by atoms with Gasteiger partial charge in [-0.2, -0.15) is 5.10 Å². The molecule has 0 unspecified atom stereocenters. The summed E-state index contributed by atoms with van der Waals surface area (Å²) in [5, 5.41) is 13.7. The maximum Gasteiger partial charge on any atom is 0.411 e. The van der Waals surface area contributed by atoms with Gasteiger partial charge < -0.3 is 15.4 Å². The van der Waals surface area contributed by atoms with Crippen molar-refractivity contribution in [3.8, 4) is 0 Å². The van der Waals surface area contributed by atoms with E-state index in [0.717, 1.165) is 43.3 Å². The summed E-state index contributed by atoms with van der Waals surface area (Å²) in [5.74, 6) is 0.785. The van der Waals surface area contributed by atoms with Gasteiger partial charge in [-0.25, -0.2) is 9.79 Å². The summed E-state index contributed by atoms with van der Waals surface area (Å²) in [6.45, 7) is 9.16. The lowest BCUT2D eigenvalue weighted by atomic mass is 10.2. The van der Waals surface area contributed by atoms with Gasteiger partial charge in [0.25, 0.3) is 0 Å². The number of aromatic nitrogens is 2. The molecule has 0 aliphatic heterocycles. The second-order valence-corrected chi connectivity index (χ2v) is 6.44. The van der Waals surface area contributed by atoms with Crippen molar-refractivity contribution in [2.45, 2.75) is 40.3 Å². The Morgan fingerprint density at radius 1 is 1.21 bits per heavy atom. The number of ether oxygens (including phenoxy) is 1.